The van der Waals surface area contributed by atoms with Gasteiger partial charge >= 0.3 is 0 Å². The highest BCUT2D eigenvalue weighted by Gasteiger charge is 2.27. The molecule has 2 heterocycles. The Morgan fingerprint density at radius 1 is 1.18 bits per heavy atom. The Morgan fingerprint density at radius 3 is 2.57 bits per heavy atom. The zero-order chi connectivity index (χ0) is 19.9. The summed E-state index contributed by atoms with van der Waals surface area (Å²) in [5.74, 6) is 0.530. The van der Waals surface area contributed by atoms with Gasteiger partial charge in [-0.05, 0) is 44.2 Å². The first-order valence-electron chi connectivity index (χ1n) is 10.3. The van der Waals surface area contributed by atoms with E-state index in [2.05, 4.69) is 17.3 Å². The van der Waals surface area contributed by atoms with Crippen LogP contribution in [0, 0.1) is 12.8 Å². The van der Waals surface area contributed by atoms with E-state index < -0.39 is 0 Å². The predicted octanol–water partition coefficient (Wildman–Crippen LogP) is 3.34. The standard InChI is InChI=1S/C22H30N4O2/c1-3-4-12-23-21(27)15-18-10-13-25(14-11-18)22(28)20-16-26(24-17(20)2)19-8-6-5-7-9-19/h5-9,16,18H,3-4,10-15H2,1-2H3,(H,23,27). The summed E-state index contributed by atoms with van der Waals surface area (Å²) >= 11 is 0. The lowest BCUT2D eigenvalue weighted by molar-refractivity contribution is -0.122. The third kappa shape index (κ3) is 5.00. The van der Waals surface area contributed by atoms with Crippen molar-refractivity contribution in [2.75, 3.05) is 19.6 Å². The highest BCUT2D eigenvalue weighted by atomic mass is 16.2. The minimum absolute atomic E-state index is 0.0329. The number of hydrogen-bond acceptors (Lipinski definition) is 3. The Morgan fingerprint density at radius 2 is 1.89 bits per heavy atom. The number of aromatic nitrogens is 2. The van der Waals surface area contributed by atoms with Crippen molar-refractivity contribution in [3.05, 3.63) is 47.8 Å². The molecule has 6 nitrogen and oxygen atoms in total. The molecule has 150 valence electrons. The van der Waals surface area contributed by atoms with Crippen molar-refractivity contribution in [2.24, 2.45) is 5.92 Å². The molecule has 0 aliphatic carbocycles. The minimum atomic E-state index is 0.0329. The summed E-state index contributed by atoms with van der Waals surface area (Å²) in [6.07, 6.45) is 6.24. The van der Waals surface area contributed by atoms with Crippen LogP contribution in [-0.2, 0) is 4.79 Å². The van der Waals surface area contributed by atoms with Gasteiger partial charge in [-0.1, -0.05) is 31.5 Å². The molecule has 0 radical (unpaired) electrons. The highest BCUT2D eigenvalue weighted by molar-refractivity contribution is 5.95. The average molecular weight is 383 g/mol. The van der Waals surface area contributed by atoms with Gasteiger partial charge in [0.2, 0.25) is 5.91 Å². The third-order valence-electron chi connectivity index (χ3n) is 5.38. The van der Waals surface area contributed by atoms with Crippen molar-refractivity contribution in [2.45, 2.75) is 46.0 Å². The molecular weight excluding hydrogens is 352 g/mol. The quantitative estimate of drug-likeness (QED) is 0.747. The fraction of sp³-hybridized carbons (Fsp3) is 0.500. The average Bonchev–Trinajstić information content (AvgIpc) is 3.10. The minimum Gasteiger partial charge on any atom is -0.356 e. The van der Waals surface area contributed by atoms with Crippen LogP contribution in [-0.4, -0.2) is 46.1 Å². The van der Waals surface area contributed by atoms with Crippen LogP contribution in [0.5, 0.6) is 0 Å². The maximum absolute atomic E-state index is 13.0. The van der Waals surface area contributed by atoms with E-state index in [0.717, 1.165) is 43.6 Å². The second kappa shape index (κ2) is 9.53. The van der Waals surface area contributed by atoms with Crippen molar-refractivity contribution < 1.29 is 9.59 Å². The molecule has 1 fully saturated rings. The molecule has 0 spiro atoms. The molecule has 1 aliphatic rings. The Kier molecular flexibility index (Phi) is 6.85. The molecule has 1 N–H and O–H groups in total. The van der Waals surface area contributed by atoms with Crippen LogP contribution in [0.3, 0.4) is 0 Å². The molecule has 3 rings (SSSR count). The number of para-hydroxylation sites is 1. The second-order valence-electron chi connectivity index (χ2n) is 7.55. The van der Waals surface area contributed by atoms with E-state index in [1.807, 2.05) is 48.4 Å². The maximum Gasteiger partial charge on any atom is 0.257 e. The van der Waals surface area contributed by atoms with Gasteiger partial charge in [0, 0.05) is 32.3 Å². The smallest absolute Gasteiger partial charge is 0.257 e. The topological polar surface area (TPSA) is 67.2 Å². The molecule has 1 aromatic heterocycles. The van der Waals surface area contributed by atoms with E-state index in [-0.39, 0.29) is 11.8 Å². The molecule has 2 amide bonds. The molecule has 0 unspecified atom stereocenters. The number of rotatable bonds is 7. The number of hydrogen-bond donors (Lipinski definition) is 1. The fourth-order valence-corrected chi connectivity index (χ4v) is 3.63. The van der Waals surface area contributed by atoms with Gasteiger partial charge in [0.1, 0.15) is 0 Å². The van der Waals surface area contributed by atoms with Gasteiger partial charge in [-0.3, -0.25) is 9.59 Å². The van der Waals surface area contributed by atoms with E-state index in [1.54, 1.807) is 4.68 Å². The Hall–Kier alpha value is -2.63. The van der Waals surface area contributed by atoms with Gasteiger partial charge in [-0.2, -0.15) is 5.10 Å². The number of aryl methyl sites for hydroxylation is 1. The fourth-order valence-electron chi connectivity index (χ4n) is 3.63. The second-order valence-corrected chi connectivity index (χ2v) is 7.55. The first-order valence-corrected chi connectivity index (χ1v) is 10.3. The summed E-state index contributed by atoms with van der Waals surface area (Å²) in [6, 6.07) is 9.81. The largest absolute Gasteiger partial charge is 0.356 e. The number of piperidine rings is 1. The van der Waals surface area contributed by atoms with Crippen LogP contribution in [0.1, 0.15) is 55.1 Å². The first kappa shape index (κ1) is 20.1. The predicted molar refractivity (Wildman–Crippen MR) is 109 cm³/mol. The Labute approximate surface area is 166 Å². The molecule has 0 atom stereocenters. The summed E-state index contributed by atoms with van der Waals surface area (Å²) in [6.45, 7) is 6.14. The van der Waals surface area contributed by atoms with Crippen LogP contribution < -0.4 is 5.32 Å². The molecule has 6 heteroatoms. The summed E-state index contributed by atoms with van der Waals surface area (Å²) < 4.78 is 1.76. The lowest BCUT2D eigenvalue weighted by Crippen LogP contribution is -2.39. The number of amides is 2. The number of unbranched alkanes of at least 4 members (excludes halogenated alkanes) is 1. The lowest BCUT2D eigenvalue weighted by Gasteiger charge is -2.31. The highest BCUT2D eigenvalue weighted by Crippen LogP contribution is 2.23. The van der Waals surface area contributed by atoms with E-state index in [4.69, 9.17) is 0 Å². The summed E-state index contributed by atoms with van der Waals surface area (Å²) in [4.78, 5) is 26.9. The number of carbonyl (C=O) groups excluding carboxylic acids is 2. The van der Waals surface area contributed by atoms with E-state index in [0.29, 0.717) is 31.0 Å². The van der Waals surface area contributed by atoms with Gasteiger partial charge in [0.25, 0.3) is 5.91 Å². The number of carbonyl (C=O) groups is 2. The Balaban J connectivity index is 1.54. The van der Waals surface area contributed by atoms with E-state index >= 15 is 0 Å². The number of nitrogens with zero attached hydrogens (tertiary/aromatic N) is 3. The molecule has 0 saturated carbocycles. The summed E-state index contributed by atoms with van der Waals surface area (Å²) in [5.41, 5.74) is 2.34. The molecule has 28 heavy (non-hydrogen) atoms. The molecule has 1 saturated heterocycles. The van der Waals surface area contributed by atoms with Crippen LogP contribution in [0.4, 0.5) is 0 Å². The SMILES string of the molecule is CCCCNC(=O)CC1CCN(C(=O)c2cn(-c3ccccc3)nc2C)CC1. The van der Waals surface area contributed by atoms with Crippen molar-refractivity contribution in [3.8, 4) is 5.69 Å². The Bertz CT molecular complexity index is 792. The zero-order valence-corrected chi connectivity index (χ0v) is 16.9. The zero-order valence-electron chi connectivity index (χ0n) is 16.9. The lowest BCUT2D eigenvalue weighted by atomic mass is 9.93. The van der Waals surface area contributed by atoms with E-state index in [9.17, 15) is 9.59 Å². The van der Waals surface area contributed by atoms with Gasteiger partial charge in [-0.25, -0.2) is 4.68 Å². The van der Waals surface area contributed by atoms with Crippen molar-refractivity contribution >= 4 is 11.8 Å². The van der Waals surface area contributed by atoms with Gasteiger partial charge in [-0.15, -0.1) is 0 Å². The van der Waals surface area contributed by atoms with Crippen LogP contribution >= 0.6 is 0 Å². The molecular formula is C22H30N4O2. The number of nitrogens with one attached hydrogen (secondary N) is 1. The number of likely N-dealkylation sites (tertiary alicyclic amines) is 1. The van der Waals surface area contributed by atoms with Crippen molar-refractivity contribution in [1.29, 1.82) is 0 Å². The summed E-state index contributed by atoms with van der Waals surface area (Å²) in [7, 11) is 0. The monoisotopic (exact) mass is 382 g/mol. The van der Waals surface area contributed by atoms with Crippen LogP contribution in [0.15, 0.2) is 36.5 Å². The van der Waals surface area contributed by atoms with Gasteiger partial charge < -0.3 is 10.2 Å². The number of benzene rings is 1. The van der Waals surface area contributed by atoms with Crippen molar-refractivity contribution in [1.82, 2.24) is 20.0 Å². The normalized spacial score (nSPS) is 14.9. The molecule has 1 aliphatic heterocycles. The molecule has 1 aromatic carbocycles. The van der Waals surface area contributed by atoms with Crippen LogP contribution in [0.2, 0.25) is 0 Å². The third-order valence-corrected chi connectivity index (χ3v) is 5.38. The summed E-state index contributed by atoms with van der Waals surface area (Å²) in [5, 5.41) is 7.49. The maximum atomic E-state index is 13.0. The van der Waals surface area contributed by atoms with E-state index in [1.165, 1.54) is 0 Å². The molecule has 0 bridgehead atoms. The van der Waals surface area contributed by atoms with Gasteiger partial charge in [0.05, 0.1) is 16.9 Å². The van der Waals surface area contributed by atoms with Gasteiger partial charge in [0.15, 0.2) is 0 Å². The van der Waals surface area contributed by atoms with Crippen LogP contribution in [0.25, 0.3) is 5.69 Å². The van der Waals surface area contributed by atoms with Crippen molar-refractivity contribution in [3.63, 3.8) is 0 Å². The molecule has 2 aromatic rings. The first-order chi connectivity index (χ1) is 13.6.